The number of fused-ring (bicyclic) bond motifs is 1. The molecule has 0 aromatic heterocycles. The smallest absolute Gasteiger partial charge is 0.407 e. The maximum Gasteiger partial charge on any atom is 0.407 e. The summed E-state index contributed by atoms with van der Waals surface area (Å²) in [6.45, 7) is 11.6. The molecule has 0 saturated carbocycles. The molecule has 3 rings (SSSR count). The number of piperidine rings is 1. The van der Waals surface area contributed by atoms with Crippen molar-refractivity contribution >= 4 is 23.8 Å². The third-order valence-corrected chi connectivity index (χ3v) is 4.99. The van der Waals surface area contributed by atoms with Crippen molar-refractivity contribution in [2.45, 2.75) is 78.6 Å². The summed E-state index contributed by atoms with van der Waals surface area (Å²) >= 11 is 0. The number of amides is 4. The van der Waals surface area contributed by atoms with E-state index in [1.165, 1.54) is 4.90 Å². The maximum absolute atomic E-state index is 12.8. The maximum atomic E-state index is 12.8. The number of nitrogens with zero attached hydrogens (tertiary/aromatic N) is 1. The van der Waals surface area contributed by atoms with Gasteiger partial charge in [0.15, 0.2) is 0 Å². The van der Waals surface area contributed by atoms with Crippen molar-refractivity contribution in [2.75, 3.05) is 0 Å². The predicted octanol–water partition coefficient (Wildman–Crippen LogP) is 2.89. The number of alkyl carbamates (subject to hydrolysis) is 1. The van der Waals surface area contributed by atoms with E-state index < -0.39 is 23.1 Å². The van der Waals surface area contributed by atoms with Crippen molar-refractivity contribution in [2.24, 2.45) is 0 Å². The van der Waals surface area contributed by atoms with Gasteiger partial charge in [-0.05, 0) is 51.3 Å². The van der Waals surface area contributed by atoms with Crippen LogP contribution in [0.4, 0.5) is 4.79 Å². The Hall–Kier alpha value is -2.90. The molecule has 164 valence electrons. The van der Waals surface area contributed by atoms with Crippen molar-refractivity contribution in [3.8, 4) is 0 Å². The van der Waals surface area contributed by atoms with Crippen LogP contribution in [0.5, 0.6) is 0 Å². The number of benzene rings is 1. The number of imide groups is 1. The Morgan fingerprint density at radius 1 is 1.23 bits per heavy atom. The van der Waals surface area contributed by atoms with Crippen LogP contribution in [0.2, 0.25) is 0 Å². The van der Waals surface area contributed by atoms with Crippen LogP contribution < -0.4 is 10.6 Å². The van der Waals surface area contributed by atoms with E-state index in [1.807, 2.05) is 19.9 Å². The lowest BCUT2D eigenvalue weighted by Gasteiger charge is -2.39. The lowest BCUT2D eigenvalue weighted by atomic mass is 9.89. The molecule has 1 fully saturated rings. The number of carbonyl (C=O) groups is 4. The van der Waals surface area contributed by atoms with Gasteiger partial charge in [0.1, 0.15) is 11.1 Å². The van der Waals surface area contributed by atoms with Gasteiger partial charge < -0.3 is 15.0 Å². The summed E-state index contributed by atoms with van der Waals surface area (Å²) in [4.78, 5) is 50.0. The average Bonchev–Trinajstić information content (AvgIpc) is 3.00. The van der Waals surface area contributed by atoms with Crippen molar-refractivity contribution in [1.82, 2.24) is 15.5 Å². The highest BCUT2D eigenvalue weighted by molar-refractivity contribution is 6.07. The van der Waals surface area contributed by atoms with Crippen molar-refractivity contribution < 1.29 is 23.9 Å². The number of nitrogens with one attached hydrogen (secondary N) is 2. The molecule has 0 aliphatic carbocycles. The Bertz CT molecular complexity index is 859. The monoisotopic (exact) mass is 417 g/mol. The van der Waals surface area contributed by atoms with E-state index in [0.717, 1.165) is 11.1 Å². The summed E-state index contributed by atoms with van der Waals surface area (Å²) in [5.74, 6) is -0.993. The second kappa shape index (κ2) is 8.85. The first-order valence-corrected chi connectivity index (χ1v) is 10.2. The molecule has 8 nitrogen and oxygen atoms in total. The summed E-state index contributed by atoms with van der Waals surface area (Å²) < 4.78 is 5.21. The largest absolute Gasteiger partial charge is 0.444 e. The summed E-state index contributed by atoms with van der Waals surface area (Å²) in [7, 11) is 0. The topological polar surface area (TPSA) is 105 Å². The van der Waals surface area contributed by atoms with E-state index in [9.17, 15) is 19.2 Å². The quantitative estimate of drug-likeness (QED) is 0.736. The Balaban J connectivity index is 0.00000155. The molecular weight excluding hydrogens is 386 g/mol. The van der Waals surface area contributed by atoms with Gasteiger partial charge in [-0.25, -0.2) is 4.79 Å². The summed E-state index contributed by atoms with van der Waals surface area (Å²) in [6.07, 6.45) is -0.0144. The number of rotatable bonds is 3. The summed E-state index contributed by atoms with van der Waals surface area (Å²) in [6, 6.07) is 5.32. The average molecular weight is 418 g/mol. The van der Waals surface area contributed by atoms with Crippen LogP contribution in [0, 0.1) is 0 Å². The van der Waals surface area contributed by atoms with Gasteiger partial charge in [0.25, 0.3) is 11.8 Å². The van der Waals surface area contributed by atoms with Crippen LogP contribution >= 0.6 is 0 Å². The van der Waals surface area contributed by atoms with Crippen LogP contribution in [0.1, 0.15) is 75.9 Å². The molecule has 1 atom stereocenters. The second-order valence-electron chi connectivity index (χ2n) is 8.39. The van der Waals surface area contributed by atoms with Crippen LogP contribution in [0.3, 0.4) is 0 Å². The van der Waals surface area contributed by atoms with Gasteiger partial charge in [-0.2, -0.15) is 0 Å². The lowest BCUT2D eigenvalue weighted by molar-refractivity contribution is -0.142. The number of ether oxygens (including phenoxy) is 1. The fourth-order valence-corrected chi connectivity index (χ4v) is 3.42. The van der Waals surface area contributed by atoms with Gasteiger partial charge in [-0.1, -0.05) is 26.0 Å². The Kier molecular flexibility index (Phi) is 6.90. The normalized spacial score (nSPS) is 20.7. The van der Waals surface area contributed by atoms with E-state index in [4.69, 9.17) is 4.74 Å². The SMILES string of the molecule is CC.CC(C)(C)OC(=O)NCc1ccc2c(c1)CN(C1(C)CCC(=O)NC1=O)C2=O. The molecule has 8 heteroatoms. The van der Waals surface area contributed by atoms with Gasteiger partial charge in [0.05, 0.1) is 0 Å². The highest BCUT2D eigenvalue weighted by Gasteiger charge is 2.48. The molecule has 1 aromatic rings. The van der Waals surface area contributed by atoms with E-state index in [0.29, 0.717) is 12.0 Å². The molecule has 30 heavy (non-hydrogen) atoms. The minimum atomic E-state index is -1.06. The lowest BCUT2D eigenvalue weighted by Crippen LogP contribution is -2.61. The van der Waals surface area contributed by atoms with E-state index in [1.54, 1.807) is 39.8 Å². The van der Waals surface area contributed by atoms with E-state index >= 15 is 0 Å². The molecule has 1 aromatic carbocycles. The second-order valence-corrected chi connectivity index (χ2v) is 8.39. The molecule has 4 amide bonds. The van der Waals surface area contributed by atoms with E-state index in [2.05, 4.69) is 10.6 Å². The highest BCUT2D eigenvalue weighted by Crippen LogP contribution is 2.34. The molecule has 0 radical (unpaired) electrons. The third kappa shape index (κ3) is 4.98. The van der Waals surface area contributed by atoms with Crippen LogP contribution in [-0.2, 0) is 27.4 Å². The highest BCUT2D eigenvalue weighted by atomic mass is 16.6. The minimum absolute atomic E-state index is 0.202. The van der Waals surface area contributed by atoms with Gasteiger partial charge >= 0.3 is 6.09 Å². The zero-order chi connectivity index (χ0) is 22.7. The molecule has 0 bridgehead atoms. The first-order valence-electron chi connectivity index (χ1n) is 10.2. The number of hydrogen-bond acceptors (Lipinski definition) is 5. The molecule has 2 N–H and O–H groups in total. The summed E-state index contributed by atoms with van der Waals surface area (Å²) in [5, 5.41) is 5.01. The van der Waals surface area contributed by atoms with Gasteiger partial charge in [-0.3, -0.25) is 19.7 Å². The molecule has 0 spiro atoms. The van der Waals surface area contributed by atoms with Crippen molar-refractivity contribution in [3.63, 3.8) is 0 Å². The molecule has 2 aliphatic rings. The van der Waals surface area contributed by atoms with E-state index in [-0.39, 0.29) is 31.3 Å². The zero-order valence-electron chi connectivity index (χ0n) is 18.5. The third-order valence-electron chi connectivity index (χ3n) is 4.99. The molecule has 2 aliphatic heterocycles. The van der Waals surface area contributed by atoms with Crippen molar-refractivity contribution in [3.05, 3.63) is 34.9 Å². The number of carbonyl (C=O) groups excluding carboxylic acids is 4. The van der Waals surface area contributed by atoms with Gasteiger partial charge in [0, 0.05) is 25.1 Å². The fraction of sp³-hybridized carbons (Fsp3) is 0.545. The Morgan fingerprint density at radius 2 is 1.90 bits per heavy atom. The van der Waals surface area contributed by atoms with Gasteiger partial charge in [0.2, 0.25) is 5.91 Å². The first kappa shape index (κ1) is 23.4. The van der Waals surface area contributed by atoms with Gasteiger partial charge in [-0.15, -0.1) is 0 Å². The minimum Gasteiger partial charge on any atom is -0.444 e. The predicted molar refractivity (Wildman–Crippen MR) is 112 cm³/mol. The standard InChI is InChI=1S/C20H25N3O5.C2H6/c1-19(2,3)28-18(27)21-10-12-5-6-14-13(9-12)11-23(16(14)25)20(4)8-7-15(24)22-17(20)26;1-2/h5-6,9H,7-8,10-11H2,1-4H3,(H,21,27)(H,22,24,26);1-2H3. The van der Waals surface area contributed by atoms with Crippen molar-refractivity contribution in [1.29, 1.82) is 0 Å². The van der Waals surface area contributed by atoms with Crippen LogP contribution in [0.25, 0.3) is 0 Å². The fourth-order valence-electron chi connectivity index (χ4n) is 3.42. The molecular formula is C22H31N3O5. The molecule has 1 saturated heterocycles. The zero-order valence-corrected chi connectivity index (χ0v) is 18.5. The Labute approximate surface area is 177 Å². The number of hydrogen-bond donors (Lipinski definition) is 2. The summed E-state index contributed by atoms with van der Waals surface area (Å²) in [5.41, 5.74) is 0.518. The molecule has 1 unspecified atom stereocenters. The molecule has 2 heterocycles. The Morgan fingerprint density at radius 3 is 2.50 bits per heavy atom. The van der Waals surface area contributed by atoms with Crippen LogP contribution in [0.15, 0.2) is 18.2 Å². The first-order chi connectivity index (χ1) is 14.0. The van der Waals surface area contributed by atoms with Crippen LogP contribution in [-0.4, -0.2) is 39.9 Å².